The molecule has 3 rings (SSSR count). The maximum absolute atomic E-state index is 13.8. The number of rotatable bonds is 4. The van der Waals surface area contributed by atoms with Crippen LogP contribution in [0.15, 0.2) is 54.6 Å². The molecule has 2 aromatic rings. The highest BCUT2D eigenvalue weighted by Gasteiger charge is 2.21. The summed E-state index contributed by atoms with van der Waals surface area (Å²) in [5.74, 6) is -0.143. The third-order valence-electron chi connectivity index (χ3n) is 4.15. The highest BCUT2D eigenvalue weighted by molar-refractivity contribution is 6.21. The minimum atomic E-state index is -0.143. The standard InChI is InChI=1S/C18H20ClFN2/c19-16(15-6-2-1-3-7-15)14-21-10-12-22(13-11-21)18-9-5-4-8-17(18)20/h1-9,16H,10-14H2. The lowest BCUT2D eigenvalue weighted by Gasteiger charge is -2.37. The van der Waals surface area contributed by atoms with Crippen LogP contribution in [0.5, 0.6) is 0 Å². The SMILES string of the molecule is Fc1ccccc1N1CCN(CC(Cl)c2ccccc2)CC1. The Hall–Kier alpha value is -1.58. The average molecular weight is 319 g/mol. The second-order valence-corrected chi connectivity index (χ2v) is 6.14. The van der Waals surface area contributed by atoms with Gasteiger partial charge in [-0.05, 0) is 17.7 Å². The fourth-order valence-electron chi connectivity index (χ4n) is 2.87. The van der Waals surface area contributed by atoms with Gasteiger partial charge in [-0.2, -0.15) is 0 Å². The Morgan fingerprint density at radius 1 is 0.909 bits per heavy atom. The van der Waals surface area contributed by atoms with Crippen molar-refractivity contribution in [1.82, 2.24) is 4.90 Å². The lowest BCUT2D eigenvalue weighted by atomic mass is 10.1. The Kier molecular flexibility index (Phi) is 4.96. The van der Waals surface area contributed by atoms with Gasteiger partial charge in [-0.15, -0.1) is 11.6 Å². The number of benzene rings is 2. The minimum absolute atomic E-state index is 0.00112. The van der Waals surface area contributed by atoms with E-state index in [0.29, 0.717) is 5.69 Å². The number of piperazine rings is 1. The summed E-state index contributed by atoms with van der Waals surface area (Å²) < 4.78 is 13.8. The number of halogens is 2. The Balaban J connectivity index is 1.55. The first-order valence-electron chi connectivity index (χ1n) is 7.65. The van der Waals surface area contributed by atoms with Crippen molar-refractivity contribution in [1.29, 1.82) is 0 Å². The predicted molar refractivity (Wildman–Crippen MR) is 90.1 cm³/mol. The lowest BCUT2D eigenvalue weighted by molar-refractivity contribution is 0.257. The summed E-state index contributed by atoms with van der Waals surface area (Å²) in [5.41, 5.74) is 1.85. The van der Waals surface area contributed by atoms with Gasteiger partial charge in [-0.1, -0.05) is 42.5 Å². The molecule has 0 amide bonds. The third-order valence-corrected chi connectivity index (χ3v) is 4.54. The highest BCUT2D eigenvalue weighted by Crippen LogP contribution is 2.24. The van der Waals surface area contributed by atoms with Crippen LogP contribution in [0.3, 0.4) is 0 Å². The van der Waals surface area contributed by atoms with E-state index in [1.807, 2.05) is 30.3 Å². The van der Waals surface area contributed by atoms with E-state index in [-0.39, 0.29) is 11.2 Å². The van der Waals surface area contributed by atoms with Crippen molar-refractivity contribution in [2.24, 2.45) is 0 Å². The van der Waals surface area contributed by atoms with Gasteiger partial charge in [0.15, 0.2) is 0 Å². The van der Waals surface area contributed by atoms with Gasteiger partial charge in [0, 0.05) is 32.7 Å². The molecule has 0 aromatic heterocycles. The maximum atomic E-state index is 13.8. The van der Waals surface area contributed by atoms with Crippen molar-refractivity contribution in [3.8, 4) is 0 Å². The first kappa shape index (κ1) is 15.3. The molecule has 0 saturated carbocycles. The van der Waals surface area contributed by atoms with E-state index >= 15 is 0 Å². The van der Waals surface area contributed by atoms with Crippen molar-refractivity contribution in [3.05, 3.63) is 66.0 Å². The number of anilines is 1. The van der Waals surface area contributed by atoms with Crippen LogP contribution < -0.4 is 4.90 Å². The largest absolute Gasteiger partial charge is 0.367 e. The lowest BCUT2D eigenvalue weighted by Crippen LogP contribution is -2.47. The van der Waals surface area contributed by atoms with Crippen molar-refractivity contribution < 1.29 is 4.39 Å². The Morgan fingerprint density at radius 2 is 1.55 bits per heavy atom. The number of alkyl halides is 1. The molecule has 4 heteroatoms. The van der Waals surface area contributed by atoms with Gasteiger partial charge in [0.2, 0.25) is 0 Å². The van der Waals surface area contributed by atoms with Crippen LogP contribution in [0, 0.1) is 5.82 Å². The summed E-state index contributed by atoms with van der Waals surface area (Å²) in [5, 5.41) is 0.00112. The molecule has 0 radical (unpaired) electrons. The van der Waals surface area contributed by atoms with Gasteiger partial charge >= 0.3 is 0 Å². The highest BCUT2D eigenvalue weighted by atomic mass is 35.5. The number of hydrogen-bond donors (Lipinski definition) is 0. The normalized spacial score (nSPS) is 17.5. The molecule has 116 valence electrons. The maximum Gasteiger partial charge on any atom is 0.146 e. The Labute approximate surface area is 136 Å². The van der Waals surface area contributed by atoms with Crippen molar-refractivity contribution in [2.75, 3.05) is 37.6 Å². The summed E-state index contributed by atoms with van der Waals surface area (Å²) in [7, 11) is 0. The first-order valence-corrected chi connectivity index (χ1v) is 8.08. The molecule has 1 heterocycles. The Bertz CT molecular complexity index is 597. The van der Waals surface area contributed by atoms with Gasteiger partial charge in [0.1, 0.15) is 5.82 Å². The molecule has 1 unspecified atom stereocenters. The molecule has 0 aliphatic carbocycles. The van der Waals surface area contributed by atoms with Gasteiger partial charge in [0.25, 0.3) is 0 Å². The Morgan fingerprint density at radius 3 is 2.23 bits per heavy atom. The van der Waals surface area contributed by atoms with Crippen LogP contribution in [0.4, 0.5) is 10.1 Å². The topological polar surface area (TPSA) is 6.48 Å². The second kappa shape index (κ2) is 7.12. The van der Waals surface area contributed by atoms with Crippen molar-refractivity contribution >= 4 is 17.3 Å². The van der Waals surface area contributed by atoms with Gasteiger partial charge < -0.3 is 4.90 Å². The van der Waals surface area contributed by atoms with E-state index in [2.05, 4.69) is 21.9 Å². The average Bonchev–Trinajstić information content (AvgIpc) is 2.57. The minimum Gasteiger partial charge on any atom is -0.367 e. The monoisotopic (exact) mass is 318 g/mol. The van der Waals surface area contributed by atoms with Crippen LogP contribution in [-0.2, 0) is 0 Å². The van der Waals surface area contributed by atoms with Gasteiger partial charge in [0.05, 0.1) is 11.1 Å². The third kappa shape index (κ3) is 3.60. The number of hydrogen-bond acceptors (Lipinski definition) is 2. The van der Waals surface area contributed by atoms with Crippen molar-refractivity contribution in [3.63, 3.8) is 0 Å². The molecule has 2 nitrogen and oxygen atoms in total. The van der Waals surface area contributed by atoms with Crippen molar-refractivity contribution in [2.45, 2.75) is 5.38 Å². The zero-order valence-corrected chi connectivity index (χ0v) is 13.2. The van der Waals surface area contributed by atoms with Crippen LogP contribution in [0.1, 0.15) is 10.9 Å². The zero-order chi connectivity index (χ0) is 15.4. The smallest absolute Gasteiger partial charge is 0.146 e. The molecule has 1 fully saturated rings. The molecule has 1 saturated heterocycles. The van der Waals surface area contributed by atoms with E-state index in [4.69, 9.17) is 11.6 Å². The summed E-state index contributed by atoms with van der Waals surface area (Å²) in [6, 6.07) is 17.1. The van der Waals surface area contributed by atoms with Crippen LogP contribution in [0.2, 0.25) is 0 Å². The molecule has 2 aromatic carbocycles. The molecular formula is C18H20ClFN2. The van der Waals surface area contributed by atoms with Crippen LogP contribution in [-0.4, -0.2) is 37.6 Å². The zero-order valence-electron chi connectivity index (χ0n) is 12.5. The van der Waals surface area contributed by atoms with E-state index < -0.39 is 0 Å². The molecular weight excluding hydrogens is 299 g/mol. The van der Waals surface area contributed by atoms with Gasteiger partial charge in [-0.25, -0.2) is 4.39 Å². The molecule has 1 atom stereocenters. The fraction of sp³-hybridized carbons (Fsp3) is 0.333. The molecule has 1 aliphatic heterocycles. The predicted octanol–water partition coefficient (Wildman–Crippen LogP) is 3.93. The first-order chi connectivity index (χ1) is 10.7. The molecule has 0 bridgehead atoms. The van der Waals surface area contributed by atoms with E-state index in [9.17, 15) is 4.39 Å². The molecule has 0 spiro atoms. The summed E-state index contributed by atoms with van der Waals surface area (Å²) >= 11 is 6.50. The quantitative estimate of drug-likeness (QED) is 0.788. The number of para-hydroxylation sites is 1. The molecule has 1 aliphatic rings. The van der Waals surface area contributed by atoms with E-state index in [1.54, 1.807) is 6.07 Å². The second-order valence-electron chi connectivity index (χ2n) is 5.62. The van der Waals surface area contributed by atoms with Crippen LogP contribution in [0.25, 0.3) is 0 Å². The van der Waals surface area contributed by atoms with Gasteiger partial charge in [-0.3, -0.25) is 4.90 Å². The molecule has 22 heavy (non-hydrogen) atoms. The van der Waals surface area contributed by atoms with E-state index in [1.165, 1.54) is 6.07 Å². The number of nitrogens with zero attached hydrogens (tertiary/aromatic N) is 2. The molecule has 0 N–H and O–H groups in total. The summed E-state index contributed by atoms with van der Waals surface area (Å²) in [4.78, 5) is 4.46. The summed E-state index contributed by atoms with van der Waals surface area (Å²) in [6.07, 6.45) is 0. The fourth-order valence-corrected chi connectivity index (χ4v) is 3.21. The van der Waals surface area contributed by atoms with Crippen LogP contribution >= 0.6 is 11.6 Å². The van der Waals surface area contributed by atoms with E-state index in [0.717, 1.165) is 38.3 Å². The summed E-state index contributed by atoms with van der Waals surface area (Å²) in [6.45, 7) is 4.31.